The summed E-state index contributed by atoms with van der Waals surface area (Å²) < 4.78 is 0. The first-order chi connectivity index (χ1) is 14.8. The molecule has 30 heavy (non-hydrogen) atoms. The van der Waals surface area contributed by atoms with Crippen molar-refractivity contribution in [3.05, 3.63) is 142 Å². The largest absolute Gasteiger partial charge is 0.120 e. The highest BCUT2D eigenvalue weighted by molar-refractivity contribution is 5.93. The average molecular weight is 385 g/mol. The van der Waals surface area contributed by atoms with Crippen molar-refractivity contribution >= 4 is 5.57 Å². The molecular weight excluding hydrogens is 360 g/mol. The normalized spacial score (nSPS) is 25.7. The first-order valence-corrected chi connectivity index (χ1v) is 10.9. The van der Waals surface area contributed by atoms with Crippen molar-refractivity contribution in [2.24, 2.45) is 5.92 Å². The van der Waals surface area contributed by atoms with Crippen molar-refractivity contribution in [2.45, 2.75) is 25.2 Å². The fraction of sp³-hybridized carbons (Fsp3) is 0.167. The van der Waals surface area contributed by atoms with E-state index in [1.165, 1.54) is 44.6 Å². The van der Waals surface area contributed by atoms with Gasteiger partial charge in [-0.25, -0.2) is 0 Å². The molecule has 1 spiro atoms. The lowest BCUT2D eigenvalue weighted by atomic mass is 9.67. The Hall–Kier alpha value is -3.34. The van der Waals surface area contributed by atoms with Crippen LogP contribution in [0, 0.1) is 5.92 Å². The second-order valence-electron chi connectivity index (χ2n) is 8.51. The molecule has 0 heterocycles. The van der Waals surface area contributed by atoms with Crippen molar-refractivity contribution < 1.29 is 0 Å². The highest BCUT2D eigenvalue weighted by atomic mass is 14.5. The molecule has 0 bridgehead atoms. The minimum atomic E-state index is -0.271. The first-order valence-electron chi connectivity index (χ1n) is 10.9. The molecule has 0 N–H and O–H groups in total. The van der Waals surface area contributed by atoms with Gasteiger partial charge in [0.15, 0.2) is 0 Å². The summed E-state index contributed by atoms with van der Waals surface area (Å²) >= 11 is 0. The predicted molar refractivity (Wildman–Crippen MR) is 126 cm³/mol. The van der Waals surface area contributed by atoms with Crippen LogP contribution in [0.25, 0.3) is 5.57 Å². The zero-order chi connectivity index (χ0) is 20.1. The van der Waals surface area contributed by atoms with Gasteiger partial charge in [0.1, 0.15) is 0 Å². The van der Waals surface area contributed by atoms with Crippen LogP contribution in [0.5, 0.6) is 0 Å². The Balaban J connectivity index is 1.81. The highest BCUT2D eigenvalue weighted by Crippen LogP contribution is 2.63. The lowest BCUT2D eigenvalue weighted by Gasteiger charge is -2.33. The highest BCUT2D eigenvalue weighted by Gasteiger charge is 2.53. The van der Waals surface area contributed by atoms with Crippen LogP contribution >= 0.6 is 0 Å². The van der Waals surface area contributed by atoms with E-state index in [1.54, 1.807) is 0 Å². The van der Waals surface area contributed by atoms with Gasteiger partial charge >= 0.3 is 0 Å². The molecule has 6 rings (SSSR count). The third-order valence-corrected chi connectivity index (χ3v) is 6.95. The summed E-state index contributed by atoms with van der Waals surface area (Å²) in [6.45, 7) is 2.32. The molecule has 5 aliphatic carbocycles. The van der Waals surface area contributed by atoms with E-state index in [4.69, 9.17) is 0 Å². The third-order valence-electron chi connectivity index (χ3n) is 6.95. The summed E-state index contributed by atoms with van der Waals surface area (Å²) in [7, 11) is 0. The van der Waals surface area contributed by atoms with E-state index >= 15 is 0 Å². The molecule has 5 aliphatic rings. The van der Waals surface area contributed by atoms with Gasteiger partial charge in [-0.15, -0.1) is 5.73 Å². The number of rotatable bonds is 0. The van der Waals surface area contributed by atoms with Crippen molar-refractivity contribution in [2.75, 3.05) is 0 Å². The molecule has 1 atom stereocenters. The molecular formula is C30H24. The van der Waals surface area contributed by atoms with E-state index in [0.717, 1.165) is 12.8 Å². The van der Waals surface area contributed by atoms with E-state index in [-0.39, 0.29) is 5.41 Å². The molecule has 0 fully saturated rings. The Labute approximate surface area is 178 Å². The number of hydrogen-bond acceptors (Lipinski definition) is 0. The van der Waals surface area contributed by atoms with Crippen LogP contribution in [0.4, 0.5) is 0 Å². The van der Waals surface area contributed by atoms with E-state index in [0.29, 0.717) is 5.92 Å². The zero-order valence-electron chi connectivity index (χ0n) is 17.2. The smallest absolute Gasteiger partial charge is 0.0728 e. The van der Waals surface area contributed by atoms with Gasteiger partial charge in [-0.2, -0.15) is 0 Å². The Morgan fingerprint density at radius 1 is 0.833 bits per heavy atom. The van der Waals surface area contributed by atoms with Gasteiger partial charge in [0.25, 0.3) is 0 Å². The quantitative estimate of drug-likeness (QED) is 0.413. The van der Waals surface area contributed by atoms with E-state index in [2.05, 4.69) is 104 Å². The molecule has 0 radical (unpaired) electrons. The summed E-state index contributed by atoms with van der Waals surface area (Å²) in [6.07, 6.45) is 29.4. The van der Waals surface area contributed by atoms with Crippen LogP contribution in [-0.2, 0) is 5.41 Å². The summed E-state index contributed by atoms with van der Waals surface area (Å²) in [4.78, 5) is 0. The Kier molecular flexibility index (Phi) is 3.85. The maximum Gasteiger partial charge on any atom is 0.0728 e. The van der Waals surface area contributed by atoms with Crippen molar-refractivity contribution in [3.8, 4) is 0 Å². The maximum absolute atomic E-state index is 3.46. The lowest BCUT2D eigenvalue weighted by molar-refractivity contribution is 0.768. The molecule has 0 nitrogen and oxygen atoms in total. The van der Waals surface area contributed by atoms with E-state index in [1.807, 2.05) is 6.08 Å². The zero-order valence-corrected chi connectivity index (χ0v) is 17.2. The van der Waals surface area contributed by atoms with Crippen LogP contribution in [0.1, 0.15) is 30.9 Å². The van der Waals surface area contributed by atoms with Crippen molar-refractivity contribution in [3.63, 3.8) is 0 Å². The van der Waals surface area contributed by atoms with Crippen LogP contribution in [0.15, 0.2) is 131 Å². The standard InChI is InChI=1S/C30H24/c1-21-13-5-2-10-20-28-29(21)24-16-11-12-19-27(24)30(28)25-17-8-3-6-14-22(25)23-15-7-4-9-18-26(23)30/h2,5-9,11-21H,3-4H2,1H3/b13-5-. The molecule has 1 unspecified atom stereocenters. The molecule has 0 aliphatic heterocycles. The summed E-state index contributed by atoms with van der Waals surface area (Å²) in [5, 5.41) is 0. The molecule has 0 saturated heterocycles. The van der Waals surface area contributed by atoms with Crippen LogP contribution < -0.4 is 0 Å². The fourth-order valence-electron chi connectivity index (χ4n) is 5.83. The molecule has 0 saturated carbocycles. The Bertz CT molecular complexity index is 1220. The van der Waals surface area contributed by atoms with Gasteiger partial charge in [0, 0.05) is 5.92 Å². The second kappa shape index (κ2) is 6.59. The summed E-state index contributed by atoms with van der Waals surface area (Å²) in [5.74, 6) is 0.347. The van der Waals surface area contributed by atoms with Gasteiger partial charge in [0.2, 0.25) is 0 Å². The predicted octanol–water partition coefficient (Wildman–Crippen LogP) is 7.25. The lowest BCUT2D eigenvalue weighted by Crippen LogP contribution is -2.28. The molecule has 0 heteroatoms. The number of benzene rings is 1. The minimum Gasteiger partial charge on any atom is -0.120 e. The third kappa shape index (κ3) is 2.18. The minimum absolute atomic E-state index is 0.271. The number of hydrogen-bond donors (Lipinski definition) is 0. The molecule has 1 aromatic rings. The number of allylic oxidation sites excluding steroid dienone is 17. The van der Waals surface area contributed by atoms with Crippen molar-refractivity contribution in [1.82, 2.24) is 0 Å². The van der Waals surface area contributed by atoms with Gasteiger partial charge in [-0.1, -0.05) is 91.9 Å². The molecule has 0 amide bonds. The second-order valence-corrected chi connectivity index (χ2v) is 8.51. The van der Waals surface area contributed by atoms with Gasteiger partial charge < -0.3 is 0 Å². The molecule has 0 aromatic heterocycles. The van der Waals surface area contributed by atoms with Gasteiger partial charge in [0.05, 0.1) is 5.41 Å². The van der Waals surface area contributed by atoms with Crippen LogP contribution in [0.3, 0.4) is 0 Å². The van der Waals surface area contributed by atoms with Crippen LogP contribution in [0.2, 0.25) is 0 Å². The summed E-state index contributed by atoms with van der Waals surface area (Å²) in [5.41, 5.74) is 14.4. The van der Waals surface area contributed by atoms with E-state index in [9.17, 15) is 0 Å². The molecule has 1 aromatic carbocycles. The summed E-state index contributed by atoms with van der Waals surface area (Å²) in [6, 6.07) is 9.04. The number of fused-ring (bicyclic) bond motifs is 7. The average Bonchev–Trinajstić information content (AvgIpc) is 2.96. The molecule has 144 valence electrons. The van der Waals surface area contributed by atoms with Gasteiger partial charge in [-0.05, 0) is 69.6 Å². The van der Waals surface area contributed by atoms with Crippen LogP contribution in [-0.4, -0.2) is 0 Å². The SMILES string of the molecule is CC1/C=C\C=C=CC2=C1c1ccccc1C21C2=C(C=CCC=C2)C2=C1C=CCC=C2. The topological polar surface area (TPSA) is 0 Å². The fourth-order valence-corrected chi connectivity index (χ4v) is 5.83. The van der Waals surface area contributed by atoms with Gasteiger partial charge in [-0.3, -0.25) is 0 Å². The Morgan fingerprint density at radius 3 is 2.23 bits per heavy atom. The monoisotopic (exact) mass is 384 g/mol. The van der Waals surface area contributed by atoms with Crippen molar-refractivity contribution in [1.29, 1.82) is 0 Å². The maximum atomic E-state index is 3.46. The van der Waals surface area contributed by atoms with E-state index < -0.39 is 0 Å². The Morgan fingerprint density at radius 2 is 1.50 bits per heavy atom. The first kappa shape index (κ1) is 17.5.